The molecule has 1 aliphatic rings. The number of rotatable bonds is 7. The molecule has 2 amide bonds. The Morgan fingerprint density at radius 1 is 1.16 bits per heavy atom. The summed E-state index contributed by atoms with van der Waals surface area (Å²) in [4.78, 5) is 26.8. The van der Waals surface area contributed by atoms with Crippen LogP contribution in [-0.2, 0) is 20.9 Å². The van der Waals surface area contributed by atoms with E-state index in [9.17, 15) is 9.59 Å². The van der Waals surface area contributed by atoms with Crippen molar-refractivity contribution < 1.29 is 14.3 Å². The van der Waals surface area contributed by atoms with Gasteiger partial charge in [-0.25, -0.2) is 0 Å². The Hall–Kier alpha value is -3.49. The highest BCUT2D eigenvalue weighted by Crippen LogP contribution is 2.26. The molecule has 1 saturated heterocycles. The molecule has 0 spiro atoms. The minimum Gasteiger partial charge on any atom is -0.383 e. The molecular weight excluding hydrogens is 412 g/mol. The number of hydrogen-bond donors (Lipinski definition) is 2. The van der Waals surface area contributed by atoms with Crippen molar-refractivity contribution in [1.82, 2.24) is 15.2 Å². The summed E-state index contributed by atoms with van der Waals surface area (Å²) in [5.74, 6) is -0.325. The second kappa shape index (κ2) is 9.11. The molecule has 8 heteroatoms. The van der Waals surface area contributed by atoms with Gasteiger partial charge in [-0.2, -0.15) is 0 Å². The number of benzene rings is 2. The number of ether oxygens (including phenoxy) is 1. The average Bonchev–Trinajstić information content (AvgIpc) is 3.25. The van der Waals surface area contributed by atoms with E-state index in [2.05, 4.69) is 10.6 Å². The minimum absolute atomic E-state index is 0.108. The minimum atomic E-state index is -0.217. The van der Waals surface area contributed by atoms with Crippen molar-refractivity contribution in [3.05, 3.63) is 72.1 Å². The second-order valence-corrected chi connectivity index (χ2v) is 7.42. The largest absolute Gasteiger partial charge is 0.383 e. The predicted octanol–water partition coefficient (Wildman–Crippen LogP) is 2.67. The summed E-state index contributed by atoms with van der Waals surface area (Å²) >= 11 is 5.39. The third-order valence-electron chi connectivity index (χ3n) is 4.95. The molecule has 2 N–H and O–H groups in total. The molecule has 158 valence electrons. The summed E-state index contributed by atoms with van der Waals surface area (Å²) in [5, 5.41) is 7.12. The number of nitrogens with zero attached hydrogens (tertiary/aromatic N) is 2. The summed E-state index contributed by atoms with van der Waals surface area (Å²) in [6.07, 6.45) is 3.65. The van der Waals surface area contributed by atoms with Crippen molar-refractivity contribution in [2.45, 2.75) is 6.54 Å². The van der Waals surface area contributed by atoms with Crippen molar-refractivity contribution >= 4 is 51.8 Å². The van der Waals surface area contributed by atoms with Crippen LogP contribution in [0.4, 0.5) is 5.69 Å². The Balaban J connectivity index is 1.63. The van der Waals surface area contributed by atoms with Crippen LogP contribution in [-0.4, -0.2) is 41.8 Å². The number of carbonyl (C=O) groups is 2. The Morgan fingerprint density at radius 2 is 1.90 bits per heavy atom. The van der Waals surface area contributed by atoms with Gasteiger partial charge in [-0.15, -0.1) is 0 Å². The number of amides is 2. The maximum absolute atomic E-state index is 13.0. The van der Waals surface area contributed by atoms with Gasteiger partial charge in [-0.05, 0) is 36.5 Å². The monoisotopic (exact) mass is 434 g/mol. The van der Waals surface area contributed by atoms with E-state index in [1.54, 1.807) is 13.2 Å². The zero-order valence-electron chi connectivity index (χ0n) is 17.0. The summed E-state index contributed by atoms with van der Waals surface area (Å²) in [7, 11) is 1.59. The predicted molar refractivity (Wildman–Crippen MR) is 124 cm³/mol. The molecule has 3 aromatic rings. The van der Waals surface area contributed by atoms with Crippen molar-refractivity contribution in [3.63, 3.8) is 0 Å². The SMILES string of the molecule is COCCNC(=O)Cn1cc(/C=C2\NC(=S)N(c3ccccc3)C2=O)c2ccccc21. The fraction of sp³-hybridized carbons (Fsp3) is 0.174. The van der Waals surface area contributed by atoms with Crippen LogP contribution in [0.15, 0.2) is 66.5 Å². The van der Waals surface area contributed by atoms with E-state index in [4.69, 9.17) is 17.0 Å². The highest BCUT2D eigenvalue weighted by Gasteiger charge is 2.32. The number of carbonyl (C=O) groups excluding carboxylic acids is 2. The summed E-state index contributed by atoms with van der Waals surface area (Å²) < 4.78 is 6.84. The van der Waals surface area contributed by atoms with Gasteiger partial charge in [0, 0.05) is 36.3 Å². The van der Waals surface area contributed by atoms with E-state index in [1.165, 1.54) is 4.90 Å². The van der Waals surface area contributed by atoms with Crippen molar-refractivity contribution in [2.24, 2.45) is 0 Å². The maximum Gasteiger partial charge on any atom is 0.281 e. The van der Waals surface area contributed by atoms with Crippen molar-refractivity contribution in [2.75, 3.05) is 25.2 Å². The maximum atomic E-state index is 13.0. The lowest BCUT2D eigenvalue weighted by Gasteiger charge is -2.13. The lowest BCUT2D eigenvalue weighted by Crippen LogP contribution is -2.30. The number of para-hydroxylation sites is 2. The first-order valence-electron chi connectivity index (χ1n) is 9.84. The van der Waals surface area contributed by atoms with E-state index < -0.39 is 0 Å². The second-order valence-electron chi connectivity index (χ2n) is 7.04. The third-order valence-corrected chi connectivity index (χ3v) is 5.24. The van der Waals surface area contributed by atoms with Gasteiger partial charge in [0.15, 0.2) is 5.11 Å². The molecule has 7 nitrogen and oxygen atoms in total. The quantitative estimate of drug-likeness (QED) is 0.340. The molecule has 1 fully saturated rings. The van der Waals surface area contributed by atoms with Crippen LogP contribution in [0, 0.1) is 0 Å². The van der Waals surface area contributed by atoms with Gasteiger partial charge in [0.2, 0.25) is 5.91 Å². The van der Waals surface area contributed by atoms with Gasteiger partial charge in [0.25, 0.3) is 5.91 Å². The Kier molecular flexibility index (Phi) is 6.11. The molecule has 0 unspecified atom stereocenters. The molecule has 0 saturated carbocycles. The highest BCUT2D eigenvalue weighted by atomic mass is 32.1. The molecule has 1 aliphatic heterocycles. The Labute approximate surface area is 185 Å². The topological polar surface area (TPSA) is 75.6 Å². The number of nitrogens with one attached hydrogen (secondary N) is 2. The van der Waals surface area contributed by atoms with Crippen LogP contribution in [0.2, 0.25) is 0 Å². The van der Waals surface area contributed by atoms with Gasteiger partial charge in [-0.3, -0.25) is 14.5 Å². The van der Waals surface area contributed by atoms with Crippen LogP contribution in [0.25, 0.3) is 17.0 Å². The third kappa shape index (κ3) is 4.35. The standard InChI is InChI=1S/C23H22N4O3S/c1-30-12-11-24-21(28)15-26-14-16(18-9-5-6-10-20(18)26)13-19-22(29)27(23(31)25-19)17-7-3-2-4-8-17/h2-10,13-14H,11-12,15H2,1H3,(H,24,28)(H,25,31)/b19-13-. The first kappa shape index (κ1) is 20.8. The van der Waals surface area contributed by atoms with Gasteiger partial charge in [-0.1, -0.05) is 36.4 Å². The zero-order chi connectivity index (χ0) is 21.8. The van der Waals surface area contributed by atoms with Crippen LogP contribution in [0.3, 0.4) is 0 Å². The van der Waals surface area contributed by atoms with E-state index in [0.717, 1.165) is 16.5 Å². The van der Waals surface area contributed by atoms with Crippen LogP contribution in [0.1, 0.15) is 5.56 Å². The highest BCUT2D eigenvalue weighted by molar-refractivity contribution is 7.80. The summed E-state index contributed by atoms with van der Waals surface area (Å²) in [6, 6.07) is 17.0. The fourth-order valence-electron chi connectivity index (χ4n) is 3.53. The molecule has 0 aliphatic carbocycles. The molecule has 4 rings (SSSR count). The van der Waals surface area contributed by atoms with Crippen LogP contribution >= 0.6 is 12.2 Å². The van der Waals surface area contributed by atoms with E-state index >= 15 is 0 Å². The number of hydrogen-bond acceptors (Lipinski definition) is 4. The first-order chi connectivity index (χ1) is 15.1. The number of anilines is 1. The van der Waals surface area contributed by atoms with Crippen LogP contribution < -0.4 is 15.5 Å². The molecule has 0 radical (unpaired) electrons. The van der Waals surface area contributed by atoms with E-state index in [0.29, 0.717) is 29.6 Å². The lowest BCUT2D eigenvalue weighted by atomic mass is 10.1. The van der Waals surface area contributed by atoms with Gasteiger partial charge < -0.3 is 19.9 Å². The number of aromatic nitrogens is 1. The molecule has 0 bridgehead atoms. The van der Waals surface area contributed by atoms with Gasteiger partial charge in [0.05, 0.1) is 12.3 Å². The van der Waals surface area contributed by atoms with E-state index in [1.807, 2.05) is 65.4 Å². The number of fused-ring (bicyclic) bond motifs is 1. The normalized spacial score (nSPS) is 15.0. The summed E-state index contributed by atoms with van der Waals surface area (Å²) in [5.41, 5.74) is 2.84. The Morgan fingerprint density at radius 3 is 2.68 bits per heavy atom. The summed E-state index contributed by atoms with van der Waals surface area (Å²) in [6.45, 7) is 1.08. The van der Waals surface area contributed by atoms with Crippen molar-refractivity contribution in [3.8, 4) is 0 Å². The first-order valence-corrected chi connectivity index (χ1v) is 10.2. The molecular formula is C23H22N4O3S. The molecule has 31 heavy (non-hydrogen) atoms. The smallest absolute Gasteiger partial charge is 0.281 e. The lowest BCUT2D eigenvalue weighted by molar-refractivity contribution is -0.121. The fourth-order valence-corrected chi connectivity index (χ4v) is 3.82. The molecule has 2 aromatic carbocycles. The molecule has 0 atom stereocenters. The average molecular weight is 435 g/mol. The van der Waals surface area contributed by atoms with Gasteiger partial charge >= 0.3 is 0 Å². The Bertz CT molecular complexity index is 1170. The van der Waals surface area contributed by atoms with Gasteiger partial charge in [0.1, 0.15) is 12.2 Å². The number of methoxy groups -OCH3 is 1. The number of thiocarbonyl (C=S) groups is 1. The molecule has 1 aromatic heterocycles. The molecule has 2 heterocycles. The zero-order valence-corrected chi connectivity index (χ0v) is 17.8. The van der Waals surface area contributed by atoms with Crippen LogP contribution in [0.5, 0.6) is 0 Å². The van der Waals surface area contributed by atoms with Crippen molar-refractivity contribution in [1.29, 1.82) is 0 Å². The van der Waals surface area contributed by atoms with E-state index in [-0.39, 0.29) is 18.4 Å².